The van der Waals surface area contributed by atoms with Crippen molar-refractivity contribution in [2.24, 2.45) is 5.92 Å². The number of allylic oxidation sites excluding steroid dienone is 4. The van der Waals surface area contributed by atoms with E-state index in [9.17, 15) is 8.78 Å². The Bertz CT molecular complexity index is 304. The third kappa shape index (κ3) is 2.41. The van der Waals surface area contributed by atoms with Crippen molar-refractivity contribution in [3.8, 4) is 6.07 Å². The van der Waals surface area contributed by atoms with Crippen LogP contribution in [0.3, 0.4) is 0 Å². The third-order valence-electron chi connectivity index (χ3n) is 2.29. The van der Waals surface area contributed by atoms with Crippen LogP contribution < -0.4 is 0 Å². The zero-order valence-corrected chi connectivity index (χ0v) is 8.30. The molecule has 0 radical (unpaired) electrons. The summed E-state index contributed by atoms with van der Waals surface area (Å²) in [5, 5.41) is 8.63. The molecule has 0 aromatic rings. The van der Waals surface area contributed by atoms with E-state index in [1.54, 1.807) is 18.2 Å². The van der Waals surface area contributed by atoms with Crippen LogP contribution >= 0.6 is 0 Å². The first-order chi connectivity index (χ1) is 6.45. The Morgan fingerprint density at radius 2 is 2.29 bits per heavy atom. The van der Waals surface area contributed by atoms with Gasteiger partial charge in [-0.3, -0.25) is 0 Å². The average Bonchev–Trinajstić information content (AvgIpc) is 2.15. The van der Waals surface area contributed by atoms with Crippen LogP contribution in [0.15, 0.2) is 23.8 Å². The zero-order valence-electron chi connectivity index (χ0n) is 8.30. The van der Waals surface area contributed by atoms with Gasteiger partial charge in [0.05, 0.1) is 6.07 Å². The highest BCUT2D eigenvalue weighted by atomic mass is 19.2. The Labute approximate surface area is 82.7 Å². The van der Waals surface area contributed by atoms with E-state index in [1.807, 2.05) is 6.07 Å². The van der Waals surface area contributed by atoms with Crippen molar-refractivity contribution in [3.05, 3.63) is 23.8 Å². The number of hydrogen-bond donors (Lipinski definition) is 0. The maximum Gasteiger partial charge on any atom is 0.140 e. The highest BCUT2D eigenvalue weighted by Crippen LogP contribution is 2.31. The molecule has 0 saturated heterocycles. The quantitative estimate of drug-likeness (QED) is 0.667. The van der Waals surface area contributed by atoms with Crippen molar-refractivity contribution in [1.82, 2.24) is 0 Å². The molecule has 0 bridgehead atoms. The Morgan fingerprint density at radius 1 is 1.64 bits per heavy atom. The molecule has 1 rings (SSSR count). The molecule has 76 valence electrons. The summed E-state index contributed by atoms with van der Waals surface area (Å²) in [4.78, 5) is 0. The minimum Gasteiger partial charge on any atom is -0.243 e. The van der Waals surface area contributed by atoms with Gasteiger partial charge in [-0.1, -0.05) is 12.2 Å². The fourth-order valence-corrected chi connectivity index (χ4v) is 1.50. The van der Waals surface area contributed by atoms with Crippen LogP contribution in [0.2, 0.25) is 0 Å². The highest BCUT2D eigenvalue weighted by molar-refractivity contribution is 5.31. The second-order valence-corrected chi connectivity index (χ2v) is 4.02. The van der Waals surface area contributed by atoms with E-state index in [0.717, 1.165) is 0 Å². The standard InChI is InChI=1S/C11H13F2N/c1-11(2,13)10(12)9-5-3-4-8(6-9)7-14/h3-5,9-10H,6H2,1-2H3. The molecule has 2 unspecified atom stereocenters. The van der Waals surface area contributed by atoms with Crippen LogP contribution in [0.4, 0.5) is 8.78 Å². The van der Waals surface area contributed by atoms with Crippen molar-refractivity contribution in [3.63, 3.8) is 0 Å². The summed E-state index contributed by atoms with van der Waals surface area (Å²) in [5.41, 5.74) is -1.35. The number of alkyl halides is 2. The monoisotopic (exact) mass is 197 g/mol. The molecule has 0 heterocycles. The molecular weight excluding hydrogens is 184 g/mol. The van der Waals surface area contributed by atoms with E-state index in [2.05, 4.69) is 0 Å². The molecule has 0 spiro atoms. The summed E-state index contributed by atoms with van der Waals surface area (Å²) in [7, 11) is 0. The SMILES string of the molecule is CC(C)(F)C(F)C1C=CC=C(C#N)C1. The maximum absolute atomic E-state index is 13.5. The van der Waals surface area contributed by atoms with Crippen molar-refractivity contribution < 1.29 is 8.78 Å². The minimum atomic E-state index is -1.85. The number of rotatable bonds is 2. The Hall–Kier alpha value is -1.17. The lowest BCUT2D eigenvalue weighted by Gasteiger charge is -2.26. The molecule has 0 aliphatic heterocycles. The number of nitrogens with zero attached hydrogens (tertiary/aromatic N) is 1. The van der Waals surface area contributed by atoms with Crippen LogP contribution in [0, 0.1) is 17.2 Å². The lowest BCUT2D eigenvalue weighted by atomic mass is 9.85. The van der Waals surface area contributed by atoms with Crippen molar-refractivity contribution in [1.29, 1.82) is 5.26 Å². The topological polar surface area (TPSA) is 23.8 Å². The van der Waals surface area contributed by atoms with Gasteiger partial charge in [0.1, 0.15) is 11.8 Å². The fourth-order valence-electron chi connectivity index (χ4n) is 1.50. The van der Waals surface area contributed by atoms with Crippen LogP contribution in [0.25, 0.3) is 0 Å². The van der Waals surface area contributed by atoms with Gasteiger partial charge in [0.2, 0.25) is 0 Å². The molecule has 0 aromatic carbocycles. The molecule has 2 atom stereocenters. The normalized spacial score (nSPS) is 23.9. The Kier molecular flexibility index (Phi) is 3.05. The molecule has 0 amide bonds. The van der Waals surface area contributed by atoms with Crippen LogP contribution in [-0.4, -0.2) is 11.8 Å². The van der Waals surface area contributed by atoms with Gasteiger partial charge >= 0.3 is 0 Å². The molecule has 1 aliphatic carbocycles. The first kappa shape index (κ1) is 10.9. The molecule has 0 aromatic heterocycles. The maximum atomic E-state index is 13.5. The van der Waals surface area contributed by atoms with E-state index in [1.165, 1.54) is 13.8 Å². The summed E-state index contributed by atoms with van der Waals surface area (Å²) in [5.74, 6) is -0.519. The summed E-state index contributed by atoms with van der Waals surface area (Å²) < 4.78 is 26.8. The molecule has 3 heteroatoms. The summed E-state index contributed by atoms with van der Waals surface area (Å²) in [6, 6.07) is 1.96. The number of nitriles is 1. The second-order valence-electron chi connectivity index (χ2n) is 4.02. The average molecular weight is 197 g/mol. The first-order valence-electron chi connectivity index (χ1n) is 4.55. The largest absolute Gasteiger partial charge is 0.243 e. The third-order valence-corrected chi connectivity index (χ3v) is 2.29. The van der Waals surface area contributed by atoms with Gasteiger partial charge < -0.3 is 0 Å². The van der Waals surface area contributed by atoms with Gasteiger partial charge in [-0.2, -0.15) is 5.26 Å². The Balaban J connectivity index is 2.71. The molecule has 0 fully saturated rings. The molecule has 0 saturated carbocycles. The first-order valence-corrected chi connectivity index (χ1v) is 4.55. The molecule has 14 heavy (non-hydrogen) atoms. The highest BCUT2D eigenvalue weighted by Gasteiger charge is 2.35. The van der Waals surface area contributed by atoms with Gasteiger partial charge in [-0.05, 0) is 26.3 Å². The molecular formula is C11H13F2N. The van der Waals surface area contributed by atoms with Gasteiger partial charge in [-0.15, -0.1) is 0 Å². The van der Waals surface area contributed by atoms with Crippen LogP contribution in [-0.2, 0) is 0 Å². The van der Waals surface area contributed by atoms with Crippen LogP contribution in [0.5, 0.6) is 0 Å². The predicted octanol–water partition coefficient (Wildman–Crippen LogP) is 3.10. The van der Waals surface area contributed by atoms with Gasteiger partial charge in [0, 0.05) is 11.5 Å². The lowest BCUT2D eigenvalue weighted by molar-refractivity contribution is 0.0563. The predicted molar refractivity (Wildman–Crippen MR) is 51.0 cm³/mol. The minimum absolute atomic E-state index is 0.293. The van der Waals surface area contributed by atoms with Crippen molar-refractivity contribution in [2.45, 2.75) is 32.1 Å². The van der Waals surface area contributed by atoms with Gasteiger partial charge in [0.15, 0.2) is 0 Å². The lowest BCUT2D eigenvalue weighted by Crippen LogP contribution is -2.34. The van der Waals surface area contributed by atoms with E-state index >= 15 is 0 Å². The Morgan fingerprint density at radius 3 is 2.79 bits per heavy atom. The molecule has 0 N–H and O–H groups in total. The van der Waals surface area contributed by atoms with E-state index in [-0.39, 0.29) is 0 Å². The fraction of sp³-hybridized carbons (Fsp3) is 0.545. The molecule has 1 nitrogen and oxygen atoms in total. The zero-order chi connectivity index (χ0) is 10.8. The number of hydrogen-bond acceptors (Lipinski definition) is 1. The van der Waals surface area contributed by atoms with Crippen molar-refractivity contribution in [2.75, 3.05) is 0 Å². The van der Waals surface area contributed by atoms with Gasteiger partial charge in [-0.25, -0.2) is 8.78 Å². The van der Waals surface area contributed by atoms with E-state index in [4.69, 9.17) is 5.26 Å². The summed E-state index contributed by atoms with van der Waals surface area (Å²) >= 11 is 0. The van der Waals surface area contributed by atoms with E-state index in [0.29, 0.717) is 12.0 Å². The van der Waals surface area contributed by atoms with Crippen LogP contribution in [0.1, 0.15) is 20.3 Å². The van der Waals surface area contributed by atoms with Crippen molar-refractivity contribution >= 4 is 0 Å². The number of halogens is 2. The summed E-state index contributed by atoms with van der Waals surface area (Å²) in [6.07, 6.45) is 3.60. The summed E-state index contributed by atoms with van der Waals surface area (Å²) in [6.45, 7) is 2.44. The molecule has 1 aliphatic rings. The van der Waals surface area contributed by atoms with E-state index < -0.39 is 17.8 Å². The smallest absolute Gasteiger partial charge is 0.140 e. The van der Waals surface area contributed by atoms with Gasteiger partial charge in [0.25, 0.3) is 0 Å². The second kappa shape index (κ2) is 3.91.